The second-order valence-electron chi connectivity index (χ2n) is 8.57. The predicted molar refractivity (Wildman–Crippen MR) is 111 cm³/mol. The first kappa shape index (κ1) is 17.5. The van der Waals surface area contributed by atoms with Crippen molar-refractivity contribution in [2.45, 2.75) is 38.1 Å². The van der Waals surface area contributed by atoms with E-state index in [9.17, 15) is 4.79 Å². The van der Waals surface area contributed by atoms with E-state index in [2.05, 4.69) is 28.1 Å². The number of fused-ring (bicyclic) bond motifs is 3. The first-order chi connectivity index (χ1) is 13.7. The van der Waals surface area contributed by atoms with E-state index in [1.54, 1.807) is 0 Å². The second-order valence-corrected chi connectivity index (χ2v) is 8.57. The van der Waals surface area contributed by atoms with E-state index in [0.29, 0.717) is 12.3 Å². The highest BCUT2D eigenvalue weighted by Crippen LogP contribution is 2.49. The quantitative estimate of drug-likeness (QED) is 0.710. The molecule has 28 heavy (non-hydrogen) atoms. The molecule has 1 amide bonds. The molecule has 4 heteroatoms. The molecular formula is C24H27N3O. The molecule has 0 aliphatic heterocycles. The number of aromatic nitrogens is 2. The Morgan fingerprint density at radius 3 is 2.61 bits per heavy atom. The summed E-state index contributed by atoms with van der Waals surface area (Å²) >= 11 is 0. The van der Waals surface area contributed by atoms with Gasteiger partial charge in [0.15, 0.2) is 0 Å². The van der Waals surface area contributed by atoms with Crippen molar-refractivity contribution >= 4 is 16.9 Å². The van der Waals surface area contributed by atoms with Gasteiger partial charge in [0.05, 0.1) is 11.0 Å². The minimum Gasteiger partial charge on any atom is -0.342 e. The highest BCUT2D eigenvalue weighted by atomic mass is 16.1. The van der Waals surface area contributed by atoms with E-state index in [1.807, 2.05) is 43.4 Å². The summed E-state index contributed by atoms with van der Waals surface area (Å²) in [6.45, 7) is 0. The van der Waals surface area contributed by atoms with E-state index in [-0.39, 0.29) is 11.9 Å². The number of amides is 1. The third-order valence-electron chi connectivity index (χ3n) is 6.85. The van der Waals surface area contributed by atoms with Gasteiger partial charge >= 0.3 is 0 Å². The molecule has 2 aliphatic carbocycles. The smallest absolute Gasteiger partial charge is 0.221 e. The summed E-state index contributed by atoms with van der Waals surface area (Å²) in [5, 5.41) is 3.32. The van der Waals surface area contributed by atoms with Crippen molar-refractivity contribution in [3.63, 3.8) is 0 Å². The fourth-order valence-electron chi connectivity index (χ4n) is 5.45. The van der Waals surface area contributed by atoms with Crippen molar-refractivity contribution < 1.29 is 4.79 Å². The van der Waals surface area contributed by atoms with E-state index >= 15 is 0 Å². The van der Waals surface area contributed by atoms with E-state index in [1.165, 1.54) is 25.7 Å². The molecule has 2 aromatic carbocycles. The lowest BCUT2D eigenvalue weighted by Gasteiger charge is -2.24. The van der Waals surface area contributed by atoms with Gasteiger partial charge in [-0.3, -0.25) is 4.79 Å². The molecule has 1 aromatic heterocycles. The Labute approximate surface area is 166 Å². The van der Waals surface area contributed by atoms with Gasteiger partial charge < -0.3 is 9.88 Å². The van der Waals surface area contributed by atoms with Crippen LogP contribution in [0.3, 0.4) is 0 Å². The average Bonchev–Trinajstić information content (AvgIpc) is 3.42. The van der Waals surface area contributed by atoms with Gasteiger partial charge in [-0.05, 0) is 54.7 Å². The minimum atomic E-state index is -0.232. The van der Waals surface area contributed by atoms with Crippen molar-refractivity contribution in [1.82, 2.24) is 14.9 Å². The zero-order chi connectivity index (χ0) is 19.1. The number of carbonyl (C=O) groups excluding carboxylic acids is 1. The number of benzene rings is 2. The number of aryl methyl sites for hydroxylation is 1. The van der Waals surface area contributed by atoms with Crippen molar-refractivity contribution in [3.8, 4) is 0 Å². The topological polar surface area (TPSA) is 46.9 Å². The Morgan fingerprint density at radius 1 is 1.11 bits per heavy atom. The van der Waals surface area contributed by atoms with Crippen LogP contribution in [0.15, 0.2) is 54.6 Å². The van der Waals surface area contributed by atoms with Gasteiger partial charge in [-0.15, -0.1) is 0 Å². The Morgan fingerprint density at radius 2 is 1.89 bits per heavy atom. The zero-order valence-corrected chi connectivity index (χ0v) is 16.3. The monoisotopic (exact) mass is 373 g/mol. The fraction of sp³-hybridized carbons (Fsp3) is 0.417. The van der Waals surface area contributed by atoms with Crippen LogP contribution in [0.2, 0.25) is 0 Å². The van der Waals surface area contributed by atoms with Gasteiger partial charge in [-0.25, -0.2) is 4.98 Å². The SMILES string of the molecule is Cn1c([C@H](NC(=O)C[C@@H]2C[C@H]3CC[C@H]2C3)c2ccccc2)nc2ccccc21. The Kier molecular flexibility index (Phi) is 4.42. The van der Waals surface area contributed by atoms with E-state index in [4.69, 9.17) is 4.98 Å². The van der Waals surface area contributed by atoms with Gasteiger partial charge in [-0.2, -0.15) is 0 Å². The lowest BCUT2D eigenvalue weighted by atomic mass is 9.86. The second kappa shape index (κ2) is 7.08. The van der Waals surface area contributed by atoms with Crippen LogP contribution >= 0.6 is 0 Å². The standard InChI is InChI=1S/C24H27N3O/c1-27-21-10-6-5-9-20(21)25-24(27)23(17-7-3-2-4-8-17)26-22(28)15-19-14-16-11-12-18(19)13-16/h2-10,16,18-19,23H,11-15H2,1H3,(H,26,28)/t16-,18-,19-,23+/m0/s1. The maximum Gasteiger partial charge on any atom is 0.221 e. The zero-order valence-electron chi connectivity index (χ0n) is 16.3. The molecule has 0 unspecified atom stereocenters. The summed E-state index contributed by atoms with van der Waals surface area (Å²) in [4.78, 5) is 17.9. The molecule has 1 heterocycles. The van der Waals surface area contributed by atoms with Gasteiger partial charge in [0.2, 0.25) is 5.91 Å². The molecule has 0 saturated heterocycles. The summed E-state index contributed by atoms with van der Waals surface area (Å²) in [6.07, 6.45) is 5.91. The van der Waals surface area contributed by atoms with Crippen LogP contribution in [0, 0.1) is 17.8 Å². The van der Waals surface area contributed by atoms with Crippen molar-refractivity contribution in [2.75, 3.05) is 0 Å². The third-order valence-corrected chi connectivity index (χ3v) is 6.85. The molecule has 4 atom stereocenters. The fourth-order valence-corrected chi connectivity index (χ4v) is 5.45. The molecule has 0 radical (unpaired) electrons. The number of imidazole rings is 1. The van der Waals surface area contributed by atoms with Crippen LogP contribution in [-0.4, -0.2) is 15.5 Å². The number of para-hydroxylation sites is 2. The summed E-state index contributed by atoms with van der Waals surface area (Å²) in [5.41, 5.74) is 3.12. The molecule has 3 aromatic rings. The molecule has 2 fully saturated rings. The normalized spacial score (nSPS) is 24.5. The lowest BCUT2D eigenvalue weighted by Crippen LogP contribution is -2.33. The first-order valence-electron chi connectivity index (χ1n) is 10.4. The number of nitrogens with one attached hydrogen (secondary N) is 1. The van der Waals surface area contributed by atoms with E-state index < -0.39 is 0 Å². The maximum atomic E-state index is 13.0. The molecular weight excluding hydrogens is 346 g/mol. The van der Waals surface area contributed by atoms with Crippen LogP contribution in [0.1, 0.15) is 49.5 Å². The summed E-state index contributed by atoms with van der Waals surface area (Å²) < 4.78 is 2.10. The lowest BCUT2D eigenvalue weighted by molar-refractivity contribution is -0.123. The van der Waals surface area contributed by atoms with Crippen LogP contribution in [0.5, 0.6) is 0 Å². The Hall–Kier alpha value is -2.62. The number of nitrogens with zero attached hydrogens (tertiary/aromatic N) is 2. The number of carbonyl (C=O) groups is 1. The number of hydrogen-bond donors (Lipinski definition) is 1. The molecule has 2 aliphatic rings. The molecule has 5 rings (SSSR count). The average molecular weight is 374 g/mol. The molecule has 4 nitrogen and oxygen atoms in total. The van der Waals surface area contributed by atoms with Gasteiger partial charge in [0, 0.05) is 13.5 Å². The van der Waals surface area contributed by atoms with E-state index in [0.717, 1.165) is 34.3 Å². The largest absolute Gasteiger partial charge is 0.342 e. The van der Waals surface area contributed by atoms with Crippen LogP contribution in [-0.2, 0) is 11.8 Å². The third kappa shape index (κ3) is 3.11. The summed E-state index contributed by atoms with van der Waals surface area (Å²) in [7, 11) is 2.03. The van der Waals surface area contributed by atoms with Crippen molar-refractivity contribution in [1.29, 1.82) is 0 Å². The Balaban J connectivity index is 1.43. The van der Waals surface area contributed by atoms with Gasteiger partial charge in [-0.1, -0.05) is 48.9 Å². The Bertz CT molecular complexity index is 994. The van der Waals surface area contributed by atoms with Gasteiger partial charge in [0.25, 0.3) is 0 Å². The van der Waals surface area contributed by atoms with Crippen LogP contribution < -0.4 is 5.32 Å². The van der Waals surface area contributed by atoms with Gasteiger partial charge in [0.1, 0.15) is 11.9 Å². The summed E-state index contributed by atoms with van der Waals surface area (Å²) in [6, 6.07) is 18.1. The van der Waals surface area contributed by atoms with Crippen LogP contribution in [0.25, 0.3) is 11.0 Å². The highest BCUT2D eigenvalue weighted by Gasteiger charge is 2.40. The first-order valence-corrected chi connectivity index (χ1v) is 10.4. The minimum absolute atomic E-state index is 0.151. The maximum absolute atomic E-state index is 13.0. The highest BCUT2D eigenvalue weighted by molar-refractivity contribution is 5.79. The summed E-state index contributed by atoms with van der Waals surface area (Å²) in [5.74, 6) is 3.23. The molecule has 1 N–H and O–H groups in total. The number of hydrogen-bond acceptors (Lipinski definition) is 2. The van der Waals surface area contributed by atoms with Crippen molar-refractivity contribution in [2.24, 2.45) is 24.8 Å². The molecule has 2 bridgehead atoms. The number of rotatable bonds is 5. The molecule has 144 valence electrons. The van der Waals surface area contributed by atoms with Crippen LogP contribution in [0.4, 0.5) is 0 Å². The predicted octanol–water partition coefficient (Wildman–Crippen LogP) is 4.61. The van der Waals surface area contributed by atoms with Crippen molar-refractivity contribution in [3.05, 3.63) is 66.0 Å². The molecule has 2 saturated carbocycles. The molecule has 0 spiro atoms.